The summed E-state index contributed by atoms with van der Waals surface area (Å²) in [5, 5.41) is 3.36. The van der Waals surface area contributed by atoms with Crippen molar-refractivity contribution in [3.63, 3.8) is 0 Å². The highest BCUT2D eigenvalue weighted by molar-refractivity contribution is 5.97. The van der Waals surface area contributed by atoms with Gasteiger partial charge in [-0.25, -0.2) is 9.37 Å². The lowest BCUT2D eigenvalue weighted by atomic mass is 9.76. The zero-order chi connectivity index (χ0) is 31.5. The number of pyridine rings is 3. The molecule has 1 aliphatic carbocycles. The Hall–Kier alpha value is -4.25. The van der Waals surface area contributed by atoms with E-state index in [1.165, 1.54) is 59.6 Å². The maximum Gasteiger partial charge on any atom is 0.387 e. The van der Waals surface area contributed by atoms with Crippen molar-refractivity contribution >= 4 is 34.4 Å². The van der Waals surface area contributed by atoms with Gasteiger partial charge in [0.15, 0.2) is 17.9 Å². The molecular formula is C32H39F3N6O2. The minimum Gasteiger partial charge on any atom is -0.431 e. The SMILES string of the molecule is CC.CN(c1cnc2c(C=O)ccc(F)c2c1)c1ncccc1OC(F)F.CNc1cnccc1C1CC(C)CC(N)C1. The van der Waals surface area contributed by atoms with E-state index in [0.29, 0.717) is 23.9 Å². The first-order valence-electron chi connectivity index (χ1n) is 14.3. The third-order valence-electron chi connectivity index (χ3n) is 7.16. The summed E-state index contributed by atoms with van der Waals surface area (Å²) in [7, 11) is 3.51. The smallest absolute Gasteiger partial charge is 0.387 e. The van der Waals surface area contributed by atoms with E-state index in [0.717, 1.165) is 24.4 Å². The number of anilines is 3. The average Bonchev–Trinajstić information content (AvgIpc) is 3.01. The molecule has 0 amide bonds. The number of aromatic nitrogens is 3. The number of fused-ring (bicyclic) bond motifs is 1. The van der Waals surface area contributed by atoms with Gasteiger partial charge in [0.25, 0.3) is 0 Å². The van der Waals surface area contributed by atoms with Crippen molar-refractivity contribution in [1.29, 1.82) is 0 Å². The number of ether oxygens (including phenoxy) is 1. The summed E-state index contributed by atoms with van der Waals surface area (Å²) in [5.74, 6) is 0.766. The highest BCUT2D eigenvalue weighted by Crippen LogP contribution is 2.38. The number of carbonyl (C=O) groups is 1. The molecule has 5 rings (SSSR count). The number of hydrogen-bond acceptors (Lipinski definition) is 8. The second kappa shape index (κ2) is 15.8. The molecule has 3 unspecified atom stereocenters. The van der Waals surface area contributed by atoms with Crippen LogP contribution in [-0.2, 0) is 0 Å². The van der Waals surface area contributed by atoms with Gasteiger partial charge in [0.2, 0.25) is 0 Å². The molecule has 0 radical (unpaired) electrons. The van der Waals surface area contributed by atoms with E-state index in [4.69, 9.17) is 5.73 Å². The van der Waals surface area contributed by atoms with Crippen molar-refractivity contribution in [3.05, 3.63) is 78.1 Å². The molecule has 43 heavy (non-hydrogen) atoms. The number of rotatable bonds is 7. The molecule has 0 spiro atoms. The van der Waals surface area contributed by atoms with Crippen LogP contribution >= 0.6 is 0 Å². The number of aldehydes is 1. The van der Waals surface area contributed by atoms with Crippen LogP contribution in [0.5, 0.6) is 5.75 Å². The number of halogens is 3. The fourth-order valence-electron chi connectivity index (χ4n) is 5.30. The molecule has 11 heteroatoms. The van der Waals surface area contributed by atoms with Gasteiger partial charge in [-0.3, -0.25) is 14.8 Å². The largest absolute Gasteiger partial charge is 0.431 e. The lowest BCUT2D eigenvalue weighted by Crippen LogP contribution is -2.31. The Labute approximate surface area is 250 Å². The Morgan fingerprint density at radius 1 is 1.09 bits per heavy atom. The van der Waals surface area contributed by atoms with Gasteiger partial charge in [-0.2, -0.15) is 8.78 Å². The van der Waals surface area contributed by atoms with E-state index in [1.807, 2.05) is 33.3 Å². The topological polar surface area (TPSA) is 106 Å². The summed E-state index contributed by atoms with van der Waals surface area (Å²) >= 11 is 0. The van der Waals surface area contributed by atoms with E-state index in [1.54, 1.807) is 7.05 Å². The number of hydrogen-bond donors (Lipinski definition) is 2. The molecule has 1 aliphatic rings. The van der Waals surface area contributed by atoms with Crippen molar-refractivity contribution < 1.29 is 22.7 Å². The Balaban J connectivity index is 0.000000242. The molecule has 3 aromatic heterocycles. The quantitative estimate of drug-likeness (QED) is 0.214. The molecule has 1 aromatic carbocycles. The number of nitrogens with two attached hydrogens (primary N) is 1. The molecule has 0 aliphatic heterocycles. The second-order valence-corrected chi connectivity index (χ2v) is 10.1. The van der Waals surface area contributed by atoms with Crippen LogP contribution in [0.3, 0.4) is 0 Å². The van der Waals surface area contributed by atoms with Gasteiger partial charge >= 0.3 is 6.61 Å². The standard InChI is InChI=1S/C17H12F3N3O2.C13H21N3.C2H6/c1-23(16-14(25-17(19)20)3-2-6-21-16)11-7-12-13(18)5-4-10(9-24)15(12)22-8-11;1-9-5-10(7-11(14)6-9)12-3-4-16-8-13(12)15-2;1-2/h2-9,17H,1H3;3-4,8-11,15H,5-7,14H2,1-2H3;1-2H3. The summed E-state index contributed by atoms with van der Waals surface area (Å²) < 4.78 is 43.6. The summed E-state index contributed by atoms with van der Waals surface area (Å²) in [6, 6.07) is 9.27. The zero-order valence-corrected chi connectivity index (χ0v) is 25.1. The summed E-state index contributed by atoms with van der Waals surface area (Å²) in [6.07, 6.45) is 10.7. The van der Waals surface area contributed by atoms with Crippen LogP contribution in [0.2, 0.25) is 0 Å². The van der Waals surface area contributed by atoms with Crippen molar-refractivity contribution in [3.8, 4) is 5.75 Å². The molecular weight excluding hydrogens is 557 g/mol. The molecule has 0 saturated heterocycles. The first-order chi connectivity index (χ1) is 20.7. The maximum absolute atomic E-state index is 14.1. The molecule has 8 nitrogen and oxygen atoms in total. The number of carbonyl (C=O) groups excluding carboxylic acids is 1. The van der Waals surface area contributed by atoms with Gasteiger partial charge in [-0.05, 0) is 73.1 Å². The molecule has 3 atom stereocenters. The van der Waals surface area contributed by atoms with Crippen LogP contribution in [0, 0.1) is 11.7 Å². The Morgan fingerprint density at radius 3 is 2.53 bits per heavy atom. The van der Waals surface area contributed by atoms with E-state index in [2.05, 4.69) is 38.0 Å². The Kier molecular flexibility index (Phi) is 12.2. The first-order valence-corrected chi connectivity index (χ1v) is 14.3. The minimum atomic E-state index is -3.00. The lowest BCUT2D eigenvalue weighted by Gasteiger charge is -2.32. The van der Waals surface area contributed by atoms with Crippen LogP contribution in [0.1, 0.15) is 61.9 Å². The third kappa shape index (κ3) is 8.41. The first kappa shape index (κ1) is 33.3. The molecule has 1 fully saturated rings. The predicted molar refractivity (Wildman–Crippen MR) is 165 cm³/mol. The van der Waals surface area contributed by atoms with Gasteiger partial charge in [0, 0.05) is 43.5 Å². The number of benzene rings is 1. The van der Waals surface area contributed by atoms with Crippen molar-refractivity contribution in [1.82, 2.24) is 15.0 Å². The van der Waals surface area contributed by atoms with Crippen LogP contribution in [-0.4, -0.2) is 48.0 Å². The van der Waals surface area contributed by atoms with Crippen LogP contribution in [0.15, 0.2) is 61.2 Å². The van der Waals surface area contributed by atoms with Gasteiger partial charge in [-0.15, -0.1) is 0 Å². The van der Waals surface area contributed by atoms with E-state index < -0.39 is 12.4 Å². The van der Waals surface area contributed by atoms with Gasteiger partial charge in [0.1, 0.15) is 5.82 Å². The molecule has 3 N–H and O–H groups in total. The minimum absolute atomic E-state index is 0.121. The molecule has 4 aromatic rings. The van der Waals surface area contributed by atoms with Crippen LogP contribution in [0.25, 0.3) is 10.9 Å². The second-order valence-electron chi connectivity index (χ2n) is 10.1. The van der Waals surface area contributed by atoms with Crippen molar-refractivity contribution in [2.45, 2.75) is 58.6 Å². The maximum atomic E-state index is 14.1. The fourth-order valence-corrected chi connectivity index (χ4v) is 5.30. The molecule has 1 saturated carbocycles. The van der Waals surface area contributed by atoms with Crippen molar-refractivity contribution in [2.75, 3.05) is 24.3 Å². The van der Waals surface area contributed by atoms with Gasteiger partial charge < -0.3 is 20.7 Å². The Bertz CT molecular complexity index is 1480. The number of nitrogens with one attached hydrogen (secondary N) is 1. The molecule has 230 valence electrons. The fraction of sp³-hybridized carbons (Fsp3) is 0.375. The van der Waals surface area contributed by atoms with Crippen LogP contribution in [0.4, 0.5) is 30.4 Å². The monoisotopic (exact) mass is 596 g/mol. The number of nitrogens with zero attached hydrogens (tertiary/aromatic N) is 4. The van der Waals surface area contributed by atoms with E-state index in [9.17, 15) is 18.0 Å². The summed E-state index contributed by atoms with van der Waals surface area (Å²) in [6.45, 7) is 3.30. The lowest BCUT2D eigenvalue weighted by molar-refractivity contribution is -0.0496. The van der Waals surface area contributed by atoms with Gasteiger partial charge in [-0.1, -0.05) is 20.8 Å². The normalized spacial score (nSPS) is 17.7. The zero-order valence-electron chi connectivity index (χ0n) is 25.1. The highest BCUT2D eigenvalue weighted by Gasteiger charge is 2.26. The average molecular weight is 597 g/mol. The van der Waals surface area contributed by atoms with Crippen LogP contribution < -0.4 is 20.7 Å². The van der Waals surface area contributed by atoms with E-state index in [-0.39, 0.29) is 28.0 Å². The third-order valence-corrected chi connectivity index (χ3v) is 7.16. The highest BCUT2D eigenvalue weighted by atomic mass is 19.3. The Morgan fingerprint density at radius 2 is 1.86 bits per heavy atom. The van der Waals surface area contributed by atoms with Crippen molar-refractivity contribution in [2.24, 2.45) is 11.7 Å². The summed E-state index contributed by atoms with van der Waals surface area (Å²) in [5.41, 5.74) is 9.50. The summed E-state index contributed by atoms with van der Waals surface area (Å²) in [4.78, 5) is 24.8. The molecule has 3 heterocycles. The molecule has 0 bridgehead atoms. The van der Waals surface area contributed by atoms with Gasteiger partial charge in [0.05, 0.1) is 29.3 Å². The predicted octanol–water partition coefficient (Wildman–Crippen LogP) is 7.33. The number of alkyl halides is 2. The van der Waals surface area contributed by atoms with E-state index >= 15 is 0 Å².